The Hall–Kier alpha value is -2.64. The Morgan fingerprint density at radius 1 is 1.27 bits per heavy atom. The van der Waals surface area contributed by atoms with Crippen LogP contribution < -0.4 is 10.6 Å². The summed E-state index contributed by atoms with van der Waals surface area (Å²) in [5, 5.41) is 9.39. The third kappa shape index (κ3) is 3.72. The van der Waals surface area contributed by atoms with Crippen LogP contribution in [0.2, 0.25) is 0 Å². The number of imidazole rings is 1. The summed E-state index contributed by atoms with van der Waals surface area (Å²) in [6.07, 6.45) is 5.98. The zero-order valence-electron chi connectivity index (χ0n) is 13.0. The lowest BCUT2D eigenvalue weighted by molar-refractivity contribution is -0.136. The molecule has 8 nitrogen and oxygen atoms in total. The normalized spacial score (nSPS) is 10.5. The molecule has 0 bridgehead atoms. The fourth-order valence-corrected chi connectivity index (χ4v) is 2.09. The molecule has 0 unspecified atom stereocenters. The van der Waals surface area contributed by atoms with E-state index in [4.69, 9.17) is 0 Å². The maximum Gasteiger partial charge on any atom is 0.313 e. The first kappa shape index (κ1) is 15.7. The van der Waals surface area contributed by atoms with E-state index in [0.717, 1.165) is 18.7 Å². The average Bonchev–Trinajstić information content (AvgIpc) is 3.07. The molecule has 118 valence electrons. The van der Waals surface area contributed by atoms with Gasteiger partial charge < -0.3 is 15.2 Å². The Bertz CT molecular complexity index is 659. The summed E-state index contributed by atoms with van der Waals surface area (Å²) in [6, 6.07) is 0. The molecule has 0 fully saturated rings. The summed E-state index contributed by atoms with van der Waals surface area (Å²) in [6.45, 7) is 4.78. The molecular weight excluding hydrogens is 284 g/mol. The Morgan fingerprint density at radius 2 is 2.05 bits per heavy atom. The van der Waals surface area contributed by atoms with Crippen LogP contribution in [0.3, 0.4) is 0 Å². The van der Waals surface area contributed by atoms with Crippen LogP contribution in [0.15, 0.2) is 18.7 Å². The van der Waals surface area contributed by atoms with Gasteiger partial charge in [-0.2, -0.15) is 5.10 Å². The zero-order valence-corrected chi connectivity index (χ0v) is 13.0. The van der Waals surface area contributed by atoms with Crippen molar-refractivity contribution in [1.82, 2.24) is 24.6 Å². The molecule has 0 aliphatic heterocycles. The highest BCUT2D eigenvalue weighted by Gasteiger charge is 2.17. The van der Waals surface area contributed by atoms with Crippen LogP contribution in [0.25, 0.3) is 0 Å². The Labute approximate surface area is 128 Å². The van der Waals surface area contributed by atoms with E-state index in [0.29, 0.717) is 17.9 Å². The van der Waals surface area contributed by atoms with E-state index in [1.165, 1.54) is 0 Å². The molecule has 0 atom stereocenters. The van der Waals surface area contributed by atoms with E-state index < -0.39 is 11.8 Å². The predicted molar refractivity (Wildman–Crippen MR) is 81.2 cm³/mol. The molecule has 2 aromatic heterocycles. The first-order valence-electron chi connectivity index (χ1n) is 7.04. The van der Waals surface area contributed by atoms with Crippen LogP contribution in [0.5, 0.6) is 0 Å². The second-order valence-corrected chi connectivity index (χ2v) is 5.03. The topological polar surface area (TPSA) is 93.8 Å². The van der Waals surface area contributed by atoms with Gasteiger partial charge in [-0.3, -0.25) is 14.3 Å². The molecule has 0 saturated carbocycles. The minimum atomic E-state index is -0.679. The third-order valence-electron chi connectivity index (χ3n) is 3.39. The second kappa shape index (κ2) is 6.88. The van der Waals surface area contributed by atoms with E-state index in [1.54, 1.807) is 31.2 Å². The fraction of sp³-hybridized carbons (Fsp3) is 0.429. The monoisotopic (exact) mass is 304 g/mol. The number of aryl methyl sites for hydroxylation is 3. The highest BCUT2D eigenvalue weighted by Crippen LogP contribution is 2.17. The minimum Gasteiger partial charge on any atom is -0.348 e. The van der Waals surface area contributed by atoms with Gasteiger partial charge in [-0.15, -0.1) is 0 Å². The van der Waals surface area contributed by atoms with E-state index in [2.05, 4.69) is 20.7 Å². The lowest BCUT2D eigenvalue weighted by atomic mass is 10.3. The predicted octanol–water partition coefficient (Wildman–Crippen LogP) is 0.378. The summed E-state index contributed by atoms with van der Waals surface area (Å²) in [5.41, 5.74) is 2.07. The van der Waals surface area contributed by atoms with Crippen LogP contribution in [0.1, 0.15) is 17.8 Å². The molecule has 22 heavy (non-hydrogen) atoms. The number of amides is 2. The van der Waals surface area contributed by atoms with Crippen molar-refractivity contribution in [2.24, 2.45) is 7.05 Å². The molecule has 8 heteroatoms. The summed E-state index contributed by atoms with van der Waals surface area (Å²) in [4.78, 5) is 27.6. The van der Waals surface area contributed by atoms with Gasteiger partial charge in [-0.25, -0.2) is 4.98 Å². The summed E-state index contributed by atoms with van der Waals surface area (Å²) >= 11 is 0. The second-order valence-electron chi connectivity index (χ2n) is 5.03. The standard InChI is InChI=1S/C14H20N6O2/c1-10-12(11(2)19(3)18-10)17-14(22)13(21)16-5-4-7-20-8-6-15-9-20/h6,8-9H,4-5,7H2,1-3H3,(H,16,21)(H,17,22). The SMILES string of the molecule is Cc1nn(C)c(C)c1NC(=O)C(=O)NCCCn1ccnc1. The van der Waals surface area contributed by atoms with Crippen molar-refractivity contribution < 1.29 is 9.59 Å². The van der Waals surface area contributed by atoms with Gasteiger partial charge in [0.1, 0.15) is 0 Å². The molecule has 0 aromatic carbocycles. The van der Waals surface area contributed by atoms with Crippen LogP contribution in [0.4, 0.5) is 5.69 Å². The van der Waals surface area contributed by atoms with Gasteiger partial charge in [-0.1, -0.05) is 0 Å². The quantitative estimate of drug-likeness (QED) is 0.617. The van der Waals surface area contributed by atoms with Gasteiger partial charge in [0.05, 0.1) is 23.4 Å². The van der Waals surface area contributed by atoms with Gasteiger partial charge in [0.15, 0.2) is 0 Å². The van der Waals surface area contributed by atoms with Crippen LogP contribution >= 0.6 is 0 Å². The summed E-state index contributed by atoms with van der Waals surface area (Å²) in [5.74, 6) is -1.32. The smallest absolute Gasteiger partial charge is 0.313 e. The van der Waals surface area contributed by atoms with Crippen LogP contribution in [-0.2, 0) is 23.2 Å². The van der Waals surface area contributed by atoms with Gasteiger partial charge in [0, 0.05) is 32.5 Å². The van der Waals surface area contributed by atoms with E-state index in [-0.39, 0.29) is 0 Å². The molecule has 2 N–H and O–H groups in total. The largest absolute Gasteiger partial charge is 0.348 e. The minimum absolute atomic E-state index is 0.426. The Morgan fingerprint density at radius 3 is 2.64 bits per heavy atom. The molecule has 2 rings (SSSR count). The summed E-state index contributed by atoms with van der Waals surface area (Å²) in [7, 11) is 1.79. The lowest BCUT2D eigenvalue weighted by Gasteiger charge is -2.07. The fourth-order valence-electron chi connectivity index (χ4n) is 2.09. The molecule has 0 spiro atoms. The number of hydrogen-bond acceptors (Lipinski definition) is 4. The molecular formula is C14H20N6O2. The molecule has 0 saturated heterocycles. The zero-order chi connectivity index (χ0) is 16.1. The van der Waals surface area contributed by atoms with Gasteiger partial charge in [0.2, 0.25) is 0 Å². The molecule has 0 aliphatic carbocycles. The molecule has 2 aromatic rings. The third-order valence-corrected chi connectivity index (χ3v) is 3.39. The maximum atomic E-state index is 11.9. The number of aromatic nitrogens is 4. The first-order chi connectivity index (χ1) is 10.5. The number of carbonyl (C=O) groups is 2. The molecule has 2 heterocycles. The lowest BCUT2D eigenvalue weighted by Crippen LogP contribution is -2.36. The van der Waals surface area contributed by atoms with Crippen molar-refractivity contribution in [2.75, 3.05) is 11.9 Å². The number of anilines is 1. The molecule has 0 radical (unpaired) electrons. The summed E-state index contributed by atoms with van der Waals surface area (Å²) < 4.78 is 3.57. The van der Waals surface area contributed by atoms with Crippen molar-refractivity contribution in [3.63, 3.8) is 0 Å². The first-order valence-corrected chi connectivity index (χ1v) is 7.04. The van der Waals surface area contributed by atoms with Gasteiger partial charge in [-0.05, 0) is 20.3 Å². The Balaban J connectivity index is 1.78. The van der Waals surface area contributed by atoms with E-state index in [9.17, 15) is 9.59 Å². The molecule has 2 amide bonds. The van der Waals surface area contributed by atoms with Crippen molar-refractivity contribution in [3.05, 3.63) is 30.1 Å². The highest BCUT2D eigenvalue weighted by atomic mass is 16.2. The van der Waals surface area contributed by atoms with Crippen LogP contribution in [0, 0.1) is 13.8 Å². The van der Waals surface area contributed by atoms with E-state index in [1.807, 2.05) is 17.7 Å². The number of hydrogen-bond donors (Lipinski definition) is 2. The maximum absolute atomic E-state index is 11.9. The highest BCUT2D eigenvalue weighted by molar-refractivity contribution is 6.39. The van der Waals surface area contributed by atoms with Crippen molar-refractivity contribution in [1.29, 1.82) is 0 Å². The van der Waals surface area contributed by atoms with E-state index >= 15 is 0 Å². The number of carbonyl (C=O) groups excluding carboxylic acids is 2. The van der Waals surface area contributed by atoms with Crippen LogP contribution in [-0.4, -0.2) is 37.7 Å². The number of nitrogens with zero attached hydrogens (tertiary/aromatic N) is 4. The number of nitrogens with one attached hydrogen (secondary N) is 2. The Kier molecular flexibility index (Phi) is 4.92. The van der Waals surface area contributed by atoms with Crippen molar-refractivity contribution in [2.45, 2.75) is 26.8 Å². The van der Waals surface area contributed by atoms with Crippen molar-refractivity contribution in [3.8, 4) is 0 Å². The number of rotatable bonds is 5. The van der Waals surface area contributed by atoms with Gasteiger partial charge in [0.25, 0.3) is 0 Å². The average molecular weight is 304 g/mol. The van der Waals surface area contributed by atoms with Crippen molar-refractivity contribution >= 4 is 17.5 Å². The molecule has 0 aliphatic rings. The van der Waals surface area contributed by atoms with Gasteiger partial charge >= 0.3 is 11.8 Å².